The molecule has 0 spiro atoms. The number of rotatable bonds is 3. The maximum atomic E-state index is 12.4. The second-order valence-corrected chi connectivity index (χ2v) is 7.78. The van der Waals surface area contributed by atoms with E-state index in [1.807, 2.05) is 0 Å². The van der Waals surface area contributed by atoms with Crippen molar-refractivity contribution >= 4 is 17.2 Å². The van der Waals surface area contributed by atoms with Crippen molar-refractivity contribution < 1.29 is 4.79 Å². The summed E-state index contributed by atoms with van der Waals surface area (Å²) in [6.07, 6.45) is 7.04. The van der Waals surface area contributed by atoms with E-state index in [9.17, 15) is 4.79 Å². The summed E-state index contributed by atoms with van der Waals surface area (Å²) < 4.78 is 0. The molecule has 0 unspecified atom stereocenters. The van der Waals surface area contributed by atoms with Gasteiger partial charge in [0.25, 0.3) is 5.91 Å². The van der Waals surface area contributed by atoms with E-state index < -0.39 is 0 Å². The number of hydrogen-bond acceptors (Lipinski definition) is 3. The molecule has 116 valence electrons. The molecular weight excluding hydrogens is 280 g/mol. The lowest BCUT2D eigenvalue weighted by molar-refractivity contribution is 0.0904. The van der Waals surface area contributed by atoms with Gasteiger partial charge < -0.3 is 10.2 Å². The van der Waals surface area contributed by atoms with E-state index >= 15 is 0 Å². The average Bonchev–Trinajstić information content (AvgIpc) is 2.92. The molecule has 3 rings (SSSR count). The molecule has 1 saturated heterocycles. The van der Waals surface area contributed by atoms with Crippen LogP contribution in [0.15, 0.2) is 6.07 Å². The van der Waals surface area contributed by atoms with E-state index in [1.165, 1.54) is 29.7 Å². The van der Waals surface area contributed by atoms with E-state index in [4.69, 9.17) is 0 Å². The Bertz CT molecular complexity index is 477. The normalized spacial score (nSPS) is 20.5. The van der Waals surface area contributed by atoms with Crippen molar-refractivity contribution in [1.29, 1.82) is 0 Å². The molecule has 0 aromatic carbocycles. The molecule has 1 aromatic rings. The molecule has 0 atom stereocenters. The topological polar surface area (TPSA) is 32.3 Å². The molecule has 2 heterocycles. The number of likely N-dealkylation sites (tertiary alicyclic amines) is 1. The van der Waals surface area contributed by atoms with Crippen molar-refractivity contribution in [3.05, 3.63) is 21.4 Å². The highest BCUT2D eigenvalue weighted by Gasteiger charge is 2.24. The van der Waals surface area contributed by atoms with Crippen LogP contribution in [0.1, 0.15) is 59.6 Å². The van der Waals surface area contributed by atoms with Gasteiger partial charge in [-0.25, -0.2) is 0 Å². The van der Waals surface area contributed by atoms with Crippen LogP contribution in [-0.4, -0.2) is 36.0 Å². The van der Waals surface area contributed by atoms with Crippen LogP contribution < -0.4 is 5.32 Å². The lowest BCUT2D eigenvalue weighted by Gasteiger charge is -2.34. The molecule has 0 bridgehead atoms. The van der Waals surface area contributed by atoms with E-state index in [0.717, 1.165) is 37.2 Å². The van der Waals surface area contributed by atoms with Gasteiger partial charge in [-0.1, -0.05) is 0 Å². The lowest BCUT2D eigenvalue weighted by atomic mass is 9.99. The van der Waals surface area contributed by atoms with E-state index in [1.54, 1.807) is 11.3 Å². The molecule has 1 aliphatic carbocycles. The summed E-state index contributed by atoms with van der Waals surface area (Å²) in [6, 6.07) is 3.11. The first-order valence-electron chi connectivity index (χ1n) is 8.30. The van der Waals surface area contributed by atoms with Crippen LogP contribution in [-0.2, 0) is 12.8 Å². The Labute approximate surface area is 131 Å². The standard InChI is InChI=1S/C17H26N2OS/c1-12(2)19-9-7-14(8-10-19)18-17(20)16-11-13-5-3-4-6-15(13)21-16/h11-12,14H,3-10H2,1-2H3,(H,18,20). The number of nitrogens with one attached hydrogen (secondary N) is 1. The first-order valence-corrected chi connectivity index (χ1v) is 9.11. The van der Waals surface area contributed by atoms with Gasteiger partial charge in [0.2, 0.25) is 0 Å². The van der Waals surface area contributed by atoms with E-state index in [2.05, 4.69) is 30.1 Å². The second kappa shape index (κ2) is 6.49. The summed E-state index contributed by atoms with van der Waals surface area (Å²) in [5.41, 5.74) is 1.42. The highest BCUT2D eigenvalue weighted by atomic mass is 32.1. The maximum absolute atomic E-state index is 12.4. The number of thiophene rings is 1. The Morgan fingerprint density at radius 2 is 2.00 bits per heavy atom. The van der Waals surface area contributed by atoms with Gasteiger partial charge in [0.05, 0.1) is 4.88 Å². The Hall–Kier alpha value is -0.870. The van der Waals surface area contributed by atoms with Gasteiger partial charge in [0, 0.05) is 30.1 Å². The molecule has 0 radical (unpaired) electrons. The fourth-order valence-corrected chi connectivity index (χ4v) is 4.58. The zero-order chi connectivity index (χ0) is 14.8. The predicted molar refractivity (Wildman–Crippen MR) is 88.2 cm³/mol. The molecule has 1 fully saturated rings. The molecular formula is C17H26N2OS. The third-order valence-electron chi connectivity index (χ3n) is 4.82. The zero-order valence-corrected chi connectivity index (χ0v) is 14.0. The van der Waals surface area contributed by atoms with Gasteiger partial charge >= 0.3 is 0 Å². The van der Waals surface area contributed by atoms with Crippen LogP contribution in [0.25, 0.3) is 0 Å². The van der Waals surface area contributed by atoms with Crippen molar-refractivity contribution in [3.8, 4) is 0 Å². The summed E-state index contributed by atoms with van der Waals surface area (Å²) in [5.74, 6) is 0.150. The molecule has 3 nitrogen and oxygen atoms in total. The van der Waals surface area contributed by atoms with Gasteiger partial charge in [0.15, 0.2) is 0 Å². The molecule has 21 heavy (non-hydrogen) atoms. The first-order chi connectivity index (χ1) is 10.1. The number of amides is 1. The Morgan fingerprint density at radius 1 is 1.29 bits per heavy atom. The largest absolute Gasteiger partial charge is 0.349 e. The fourth-order valence-electron chi connectivity index (χ4n) is 3.42. The fraction of sp³-hybridized carbons (Fsp3) is 0.706. The van der Waals surface area contributed by atoms with Crippen molar-refractivity contribution in [1.82, 2.24) is 10.2 Å². The lowest BCUT2D eigenvalue weighted by Crippen LogP contribution is -2.46. The van der Waals surface area contributed by atoms with E-state index in [-0.39, 0.29) is 5.91 Å². The average molecular weight is 306 g/mol. The zero-order valence-electron chi connectivity index (χ0n) is 13.2. The highest BCUT2D eigenvalue weighted by Crippen LogP contribution is 2.29. The monoisotopic (exact) mass is 306 g/mol. The van der Waals surface area contributed by atoms with Crippen molar-refractivity contribution in [2.24, 2.45) is 0 Å². The number of carbonyl (C=O) groups excluding carboxylic acids is 1. The minimum Gasteiger partial charge on any atom is -0.349 e. The summed E-state index contributed by atoms with van der Waals surface area (Å²) in [5, 5.41) is 3.25. The Kier molecular flexibility index (Phi) is 4.65. The van der Waals surface area contributed by atoms with Gasteiger partial charge in [-0.05, 0) is 64.0 Å². The third-order valence-corrected chi connectivity index (χ3v) is 6.05. The van der Waals surface area contributed by atoms with E-state index in [0.29, 0.717) is 12.1 Å². The first kappa shape index (κ1) is 15.0. The number of piperidine rings is 1. The molecule has 1 aromatic heterocycles. The Balaban J connectivity index is 1.56. The third kappa shape index (κ3) is 3.49. The van der Waals surface area contributed by atoms with Crippen LogP contribution in [0.5, 0.6) is 0 Å². The molecule has 1 N–H and O–H groups in total. The molecule has 0 saturated carbocycles. The minimum atomic E-state index is 0.150. The summed E-state index contributed by atoms with van der Waals surface area (Å²) in [4.78, 5) is 17.3. The summed E-state index contributed by atoms with van der Waals surface area (Å²) >= 11 is 1.71. The Morgan fingerprint density at radius 3 is 2.67 bits per heavy atom. The molecule has 1 aliphatic heterocycles. The van der Waals surface area contributed by atoms with Crippen LogP contribution >= 0.6 is 11.3 Å². The van der Waals surface area contributed by atoms with Crippen LogP contribution in [0, 0.1) is 0 Å². The SMILES string of the molecule is CC(C)N1CCC(NC(=O)c2cc3c(s2)CCCC3)CC1. The molecule has 1 amide bonds. The van der Waals surface area contributed by atoms with Crippen LogP contribution in [0.4, 0.5) is 0 Å². The summed E-state index contributed by atoms with van der Waals surface area (Å²) in [7, 11) is 0. The number of carbonyl (C=O) groups is 1. The van der Waals surface area contributed by atoms with Crippen molar-refractivity contribution in [2.45, 2.75) is 64.5 Å². The van der Waals surface area contributed by atoms with Gasteiger partial charge in [0.1, 0.15) is 0 Å². The minimum absolute atomic E-state index is 0.150. The number of fused-ring (bicyclic) bond motifs is 1. The predicted octanol–water partition coefficient (Wildman–Crippen LogP) is 3.23. The smallest absolute Gasteiger partial charge is 0.261 e. The van der Waals surface area contributed by atoms with Crippen LogP contribution in [0.3, 0.4) is 0 Å². The second-order valence-electron chi connectivity index (χ2n) is 6.64. The van der Waals surface area contributed by atoms with Gasteiger partial charge in [-0.2, -0.15) is 0 Å². The summed E-state index contributed by atoms with van der Waals surface area (Å²) in [6.45, 7) is 6.69. The maximum Gasteiger partial charge on any atom is 0.261 e. The van der Waals surface area contributed by atoms with Gasteiger partial charge in [-0.15, -0.1) is 11.3 Å². The van der Waals surface area contributed by atoms with Crippen molar-refractivity contribution in [3.63, 3.8) is 0 Å². The highest BCUT2D eigenvalue weighted by molar-refractivity contribution is 7.14. The number of aryl methyl sites for hydroxylation is 2. The quantitative estimate of drug-likeness (QED) is 0.930. The molecule has 2 aliphatic rings. The van der Waals surface area contributed by atoms with Gasteiger partial charge in [-0.3, -0.25) is 4.79 Å². The molecule has 4 heteroatoms. The number of nitrogens with zero attached hydrogens (tertiary/aromatic N) is 1. The number of hydrogen-bond donors (Lipinski definition) is 1. The van der Waals surface area contributed by atoms with Crippen molar-refractivity contribution in [2.75, 3.05) is 13.1 Å². The van der Waals surface area contributed by atoms with Crippen LogP contribution in [0.2, 0.25) is 0 Å².